The lowest BCUT2D eigenvalue weighted by molar-refractivity contribution is -0.138. The number of benzene rings is 1. The van der Waals surface area contributed by atoms with Gasteiger partial charge in [0.2, 0.25) is 11.8 Å². The van der Waals surface area contributed by atoms with Crippen LogP contribution in [0.25, 0.3) is 10.9 Å². The van der Waals surface area contributed by atoms with Crippen LogP contribution in [0.5, 0.6) is 0 Å². The van der Waals surface area contributed by atoms with Crippen molar-refractivity contribution < 1.29 is 14.4 Å². The second-order valence-electron chi connectivity index (χ2n) is 9.65. The Bertz CT molecular complexity index is 1010. The minimum absolute atomic E-state index is 0.0267. The van der Waals surface area contributed by atoms with E-state index in [-0.39, 0.29) is 29.9 Å². The van der Waals surface area contributed by atoms with E-state index in [4.69, 9.17) is 0 Å². The van der Waals surface area contributed by atoms with Gasteiger partial charge in [0.1, 0.15) is 6.04 Å². The number of nitrogens with one attached hydrogen (secondary N) is 3. The highest BCUT2D eigenvalue weighted by molar-refractivity contribution is 5.90. The largest absolute Gasteiger partial charge is 0.361 e. The number of rotatable bonds is 6. The Balaban J connectivity index is 1.41. The molecule has 1 aromatic heterocycles. The number of carbonyl (C=O) groups excluding carboxylic acids is 3. The van der Waals surface area contributed by atoms with Gasteiger partial charge in [-0.05, 0) is 31.4 Å². The van der Waals surface area contributed by atoms with Crippen LogP contribution in [-0.2, 0) is 16.0 Å². The van der Waals surface area contributed by atoms with Gasteiger partial charge in [0.25, 0.3) is 0 Å². The standard InChI is InChI=1S/C26H37N5O3/c1-3-24(32)29-23(15-19-16-27-22-12-8-7-11-21(19)22)25(33)30-13-14-31(18(2)17-30)26(34)28-20-9-5-4-6-10-20/h7-8,11-12,16,18,20,23,27H,3-6,9-10,13-15,17H2,1-2H3,(H,28,34)(H,29,32). The van der Waals surface area contributed by atoms with Crippen LogP contribution in [0.15, 0.2) is 30.5 Å². The first-order valence-corrected chi connectivity index (χ1v) is 12.7. The fourth-order valence-corrected chi connectivity index (χ4v) is 5.20. The third-order valence-electron chi connectivity index (χ3n) is 7.19. The zero-order valence-electron chi connectivity index (χ0n) is 20.3. The number of carbonyl (C=O) groups is 3. The maximum Gasteiger partial charge on any atom is 0.317 e. The Labute approximate surface area is 201 Å². The van der Waals surface area contributed by atoms with Gasteiger partial charge in [0.05, 0.1) is 0 Å². The van der Waals surface area contributed by atoms with Gasteiger partial charge in [-0.2, -0.15) is 0 Å². The van der Waals surface area contributed by atoms with E-state index < -0.39 is 6.04 Å². The minimum Gasteiger partial charge on any atom is -0.361 e. The Kier molecular flexibility index (Phi) is 7.75. The second kappa shape index (κ2) is 10.9. The van der Waals surface area contributed by atoms with Gasteiger partial charge in [-0.3, -0.25) is 9.59 Å². The molecule has 1 aliphatic heterocycles. The van der Waals surface area contributed by atoms with E-state index in [2.05, 4.69) is 15.6 Å². The van der Waals surface area contributed by atoms with Crippen LogP contribution in [-0.4, -0.2) is 70.4 Å². The lowest BCUT2D eigenvalue weighted by Crippen LogP contribution is -2.61. The number of hydrogen-bond acceptors (Lipinski definition) is 3. The van der Waals surface area contributed by atoms with E-state index in [1.807, 2.05) is 42.3 Å². The van der Waals surface area contributed by atoms with Crippen molar-refractivity contribution in [2.24, 2.45) is 0 Å². The number of urea groups is 1. The monoisotopic (exact) mass is 467 g/mol. The Morgan fingerprint density at radius 2 is 1.88 bits per heavy atom. The van der Waals surface area contributed by atoms with Gasteiger partial charge >= 0.3 is 6.03 Å². The van der Waals surface area contributed by atoms with E-state index in [1.165, 1.54) is 19.3 Å². The predicted molar refractivity (Wildman–Crippen MR) is 132 cm³/mol. The molecule has 1 aromatic carbocycles. The lowest BCUT2D eigenvalue weighted by Gasteiger charge is -2.41. The van der Waals surface area contributed by atoms with Gasteiger partial charge in [-0.1, -0.05) is 44.4 Å². The van der Waals surface area contributed by atoms with Crippen molar-refractivity contribution in [1.82, 2.24) is 25.4 Å². The topological polar surface area (TPSA) is 97.5 Å². The number of para-hydroxylation sites is 1. The van der Waals surface area contributed by atoms with E-state index in [0.29, 0.717) is 32.5 Å². The smallest absolute Gasteiger partial charge is 0.317 e. The normalized spacial score (nSPS) is 20.2. The molecule has 184 valence electrons. The maximum absolute atomic E-state index is 13.5. The second-order valence-corrected chi connectivity index (χ2v) is 9.65. The van der Waals surface area contributed by atoms with Crippen molar-refractivity contribution in [1.29, 1.82) is 0 Å². The predicted octanol–water partition coefficient (Wildman–Crippen LogP) is 3.18. The summed E-state index contributed by atoms with van der Waals surface area (Å²) in [5.41, 5.74) is 2.01. The summed E-state index contributed by atoms with van der Waals surface area (Å²) in [5.74, 6) is -0.233. The number of aromatic amines is 1. The molecule has 4 amide bonds. The highest BCUT2D eigenvalue weighted by Crippen LogP contribution is 2.21. The summed E-state index contributed by atoms with van der Waals surface area (Å²) in [7, 11) is 0. The van der Waals surface area contributed by atoms with E-state index in [0.717, 1.165) is 29.3 Å². The van der Waals surface area contributed by atoms with Crippen LogP contribution in [0.4, 0.5) is 4.79 Å². The Morgan fingerprint density at radius 1 is 1.12 bits per heavy atom. The molecule has 0 spiro atoms. The summed E-state index contributed by atoms with van der Waals surface area (Å²) in [6, 6.07) is 7.48. The lowest BCUT2D eigenvalue weighted by atomic mass is 9.96. The molecule has 0 radical (unpaired) electrons. The summed E-state index contributed by atoms with van der Waals surface area (Å²) in [4.78, 5) is 45.5. The molecule has 2 aliphatic rings. The number of aromatic nitrogens is 1. The quantitative estimate of drug-likeness (QED) is 0.609. The summed E-state index contributed by atoms with van der Waals surface area (Å²) in [6.45, 7) is 5.19. The molecule has 0 bridgehead atoms. The zero-order chi connectivity index (χ0) is 24.1. The van der Waals surface area contributed by atoms with Crippen molar-refractivity contribution in [2.75, 3.05) is 19.6 Å². The van der Waals surface area contributed by atoms with Gasteiger partial charge < -0.3 is 25.4 Å². The third kappa shape index (κ3) is 5.54. The molecule has 3 N–H and O–H groups in total. The van der Waals surface area contributed by atoms with Crippen molar-refractivity contribution in [3.05, 3.63) is 36.0 Å². The highest BCUT2D eigenvalue weighted by Gasteiger charge is 2.34. The van der Waals surface area contributed by atoms with E-state index in [9.17, 15) is 14.4 Å². The van der Waals surface area contributed by atoms with Gasteiger partial charge in [-0.15, -0.1) is 0 Å². The molecular formula is C26H37N5O3. The van der Waals surface area contributed by atoms with Gasteiger partial charge in [0.15, 0.2) is 0 Å². The molecular weight excluding hydrogens is 430 g/mol. The number of piperazine rings is 1. The average Bonchev–Trinajstić information content (AvgIpc) is 3.26. The van der Waals surface area contributed by atoms with E-state index in [1.54, 1.807) is 11.8 Å². The first kappa shape index (κ1) is 24.1. The van der Waals surface area contributed by atoms with Crippen LogP contribution in [0.1, 0.15) is 57.9 Å². The molecule has 1 saturated carbocycles. The van der Waals surface area contributed by atoms with Crippen LogP contribution >= 0.6 is 0 Å². The minimum atomic E-state index is -0.638. The summed E-state index contributed by atoms with van der Waals surface area (Å²) in [6.07, 6.45) is 8.34. The first-order chi connectivity index (χ1) is 16.5. The van der Waals surface area contributed by atoms with Crippen LogP contribution in [0.3, 0.4) is 0 Å². The van der Waals surface area contributed by atoms with Crippen molar-refractivity contribution in [2.45, 2.75) is 76.9 Å². The fourth-order valence-electron chi connectivity index (χ4n) is 5.20. The van der Waals surface area contributed by atoms with Crippen LogP contribution in [0, 0.1) is 0 Å². The fraction of sp³-hybridized carbons (Fsp3) is 0.577. The van der Waals surface area contributed by atoms with E-state index >= 15 is 0 Å². The van der Waals surface area contributed by atoms with Crippen LogP contribution in [0.2, 0.25) is 0 Å². The maximum atomic E-state index is 13.5. The summed E-state index contributed by atoms with van der Waals surface area (Å²) >= 11 is 0. The molecule has 2 atom stereocenters. The molecule has 1 saturated heterocycles. The number of hydrogen-bond donors (Lipinski definition) is 3. The SMILES string of the molecule is CCC(=O)NC(Cc1c[nH]c2ccccc12)C(=O)N1CCN(C(=O)NC2CCCCC2)C(C)C1. The zero-order valence-corrected chi connectivity index (χ0v) is 20.3. The molecule has 8 heteroatoms. The van der Waals surface area contributed by atoms with Gasteiger partial charge in [0, 0.05) is 61.7 Å². The average molecular weight is 468 g/mol. The van der Waals surface area contributed by atoms with Crippen LogP contribution < -0.4 is 10.6 Å². The molecule has 34 heavy (non-hydrogen) atoms. The Hall–Kier alpha value is -3.03. The molecule has 1 aliphatic carbocycles. The molecule has 2 aromatic rings. The first-order valence-electron chi connectivity index (χ1n) is 12.7. The number of H-pyrrole nitrogens is 1. The molecule has 4 rings (SSSR count). The Morgan fingerprint density at radius 3 is 2.62 bits per heavy atom. The van der Waals surface area contributed by atoms with Crippen molar-refractivity contribution in [3.63, 3.8) is 0 Å². The van der Waals surface area contributed by atoms with Crippen molar-refractivity contribution >= 4 is 28.7 Å². The molecule has 2 fully saturated rings. The highest BCUT2D eigenvalue weighted by atomic mass is 16.2. The molecule has 8 nitrogen and oxygen atoms in total. The summed E-state index contributed by atoms with van der Waals surface area (Å²) < 4.78 is 0. The third-order valence-corrected chi connectivity index (χ3v) is 7.19. The molecule has 2 heterocycles. The number of fused-ring (bicyclic) bond motifs is 1. The molecule has 2 unspecified atom stereocenters. The summed E-state index contributed by atoms with van der Waals surface area (Å²) in [5, 5.41) is 7.18. The van der Waals surface area contributed by atoms with Gasteiger partial charge in [-0.25, -0.2) is 4.79 Å². The van der Waals surface area contributed by atoms with Crippen molar-refractivity contribution in [3.8, 4) is 0 Å². The number of nitrogens with zero attached hydrogens (tertiary/aromatic N) is 2. The number of amides is 4.